The number of hydrogen-bond acceptors (Lipinski definition) is 6. The Bertz CT molecular complexity index is 677. The highest BCUT2D eigenvalue weighted by Crippen LogP contribution is 2.42. The number of aliphatic imine (C=N–C) groups is 2. The van der Waals surface area contributed by atoms with Gasteiger partial charge in [-0.1, -0.05) is 6.08 Å². The minimum atomic E-state index is -0.143. The number of likely N-dealkylation sites (tertiary alicyclic amines) is 2. The van der Waals surface area contributed by atoms with Gasteiger partial charge in [-0.05, 0) is 32.4 Å². The highest BCUT2D eigenvalue weighted by Gasteiger charge is 2.52. The van der Waals surface area contributed by atoms with Gasteiger partial charge < -0.3 is 15.1 Å². The van der Waals surface area contributed by atoms with Gasteiger partial charge in [0.05, 0.1) is 17.5 Å². The van der Waals surface area contributed by atoms with E-state index >= 15 is 0 Å². The van der Waals surface area contributed by atoms with Crippen molar-refractivity contribution in [2.45, 2.75) is 50.4 Å². The molecule has 4 aliphatic heterocycles. The van der Waals surface area contributed by atoms with Gasteiger partial charge in [-0.25, -0.2) is 9.98 Å². The molecule has 2 fully saturated rings. The topological polar surface area (TPSA) is 84.1 Å². The van der Waals surface area contributed by atoms with E-state index in [0.29, 0.717) is 6.04 Å². The molecule has 0 bridgehead atoms. The predicted octanol–water partition coefficient (Wildman–Crippen LogP) is 0.855. The van der Waals surface area contributed by atoms with Gasteiger partial charge in [0.2, 0.25) is 5.91 Å². The molecule has 1 N–H and O–H groups in total. The van der Waals surface area contributed by atoms with Crippen LogP contribution in [0.25, 0.3) is 0 Å². The van der Waals surface area contributed by atoms with Crippen LogP contribution in [0, 0.1) is 17.2 Å². The summed E-state index contributed by atoms with van der Waals surface area (Å²) in [5.41, 5.74) is -0.143. The average molecular weight is 326 g/mol. The molecule has 4 aliphatic rings. The van der Waals surface area contributed by atoms with Crippen LogP contribution in [0.2, 0.25) is 0 Å². The van der Waals surface area contributed by atoms with E-state index in [9.17, 15) is 4.79 Å². The lowest BCUT2D eigenvalue weighted by Gasteiger charge is -2.36. The fourth-order valence-corrected chi connectivity index (χ4v) is 4.72. The maximum Gasteiger partial charge on any atom is 0.237 e. The molecule has 0 aliphatic carbocycles. The summed E-state index contributed by atoms with van der Waals surface area (Å²) in [6, 6.07) is 2.32. The zero-order valence-electron chi connectivity index (χ0n) is 13.9. The number of amides is 1. The van der Waals surface area contributed by atoms with Crippen LogP contribution < -0.4 is 5.32 Å². The summed E-state index contributed by atoms with van der Waals surface area (Å²) in [6.45, 7) is 3.77. The molecule has 1 spiro atoms. The van der Waals surface area contributed by atoms with E-state index in [1.165, 1.54) is 0 Å². The number of fused-ring (bicyclic) bond motifs is 1. The van der Waals surface area contributed by atoms with Crippen molar-refractivity contribution in [2.75, 3.05) is 13.1 Å². The molecule has 0 aromatic carbocycles. The summed E-state index contributed by atoms with van der Waals surface area (Å²) in [4.78, 5) is 25.6. The van der Waals surface area contributed by atoms with Gasteiger partial charge in [0.15, 0.2) is 0 Å². The molecular weight excluding hydrogens is 304 g/mol. The minimum Gasteiger partial charge on any atom is -0.369 e. The smallest absolute Gasteiger partial charge is 0.237 e. The van der Waals surface area contributed by atoms with E-state index in [2.05, 4.69) is 33.2 Å². The number of amidine groups is 1. The van der Waals surface area contributed by atoms with Gasteiger partial charge >= 0.3 is 0 Å². The number of nitrogens with one attached hydrogen (secondary N) is 1. The Balaban J connectivity index is 1.59. The van der Waals surface area contributed by atoms with E-state index in [-0.39, 0.29) is 30.0 Å². The Kier molecular flexibility index (Phi) is 3.56. The molecule has 0 aromatic rings. The van der Waals surface area contributed by atoms with E-state index in [0.717, 1.165) is 38.2 Å². The fraction of sp³-hybridized carbons (Fsp3) is 0.647. The number of carbonyl (C=O) groups excluding carboxylic acids is 1. The average Bonchev–Trinajstić information content (AvgIpc) is 3.26. The number of carbonyl (C=O) groups is 1. The van der Waals surface area contributed by atoms with Gasteiger partial charge in [-0.2, -0.15) is 5.26 Å². The summed E-state index contributed by atoms with van der Waals surface area (Å²) >= 11 is 0. The van der Waals surface area contributed by atoms with E-state index < -0.39 is 0 Å². The van der Waals surface area contributed by atoms with E-state index in [4.69, 9.17) is 5.26 Å². The monoisotopic (exact) mass is 326 g/mol. The molecule has 4 atom stereocenters. The second kappa shape index (κ2) is 5.62. The Labute approximate surface area is 141 Å². The van der Waals surface area contributed by atoms with Gasteiger partial charge in [0.1, 0.15) is 24.8 Å². The van der Waals surface area contributed by atoms with Gasteiger partial charge in [-0.3, -0.25) is 4.79 Å². The molecular formula is C17H22N6O. The zero-order valence-corrected chi connectivity index (χ0v) is 13.9. The van der Waals surface area contributed by atoms with Crippen molar-refractivity contribution in [1.29, 1.82) is 5.26 Å². The molecule has 4 unspecified atom stereocenters. The Morgan fingerprint density at radius 1 is 1.58 bits per heavy atom. The largest absolute Gasteiger partial charge is 0.369 e. The van der Waals surface area contributed by atoms with Crippen molar-refractivity contribution in [3.63, 3.8) is 0 Å². The summed E-state index contributed by atoms with van der Waals surface area (Å²) in [6.07, 6.45) is 8.68. The molecule has 7 heteroatoms. The first-order valence-electron chi connectivity index (χ1n) is 8.61. The SMILES string of the molecule is CC1CC2(CCCN2C(=O)CC#N)CN1C1=NC=NC2NC=CC12. The lowest BCUT2D eigenvalue weighted by atomic mass is 9.93. The molecule has 4 heterocycles. The first-order valence-corrected chi connectivity index (χ1v) is 8.61. The molecule has 4 rings (SSSR count). The number of nitriles is 1. The number of nitrogens with zero attached hydrogens (tertiary/aromatic N) is 5. The quantitative estimate of drug-likeness (QED) is 0.774. The minimum absolute atomic E-state index is 0.0267. The van der Waals surface area contributed by atoms with E-state index in [1.54, 1.807) is 6.34 Å². The standard InChI is InChI=1S/C17H22N6O/c1-12-9-17(5-2-8-23(17)14(24)3-6-18)10-22(12)16-13-4-7-19-15(13)20-11-21-16/h4,7,11-13,15,19H,2-3,5,8-10H2,1H3. The Morgan fingerprint density at radius 2 is 2.46 bits per heavy atom. The third-order valence-corrected chi connectivity index (χ3v) is 5.72. The van der Waals surface area contributed by atoms with Crippen LogP contribution >= 0.6 is 0 Å². The van der Waals surface area contributed by atoms with Crippen molar-refractivity contribution in [3.05, 3.63) is 12.3 Å². The van der Waals surface area contributed by atoms with Crippen LogP contribution in [0.1, 0.15) is 32.6 Å². The number of hydrogen-bond donors (Lipinski definition) is 1. The molecule has 126 valence electrons. The normalized spacial score (nSPS) is 36.7. The Hall–Kier alpha value is -2.36. The van der Waals surface area contributed by atoms with Crippen molar-refractivity contribution >= 4 is 18.1 Å². The summed E-state index contributed by atoms with van der Waals surface area (Å²) in [5, 5.41) is 12.1. The lowest BCUT2D eigenvalue weighted by molar-refractivity contribution is -0.133. The summed E-state index contributed by atoms with van der Waals surface area (Å²) in [7, 11) is 0. The third-order valence-electron chi connectivity index (χ3n) is 5.72. The predicted molar refractivity (Wildman–Crippen MR) is 90.2 cm³/mol. The van der Waals surface area contributed by atoms with Crippen LogP contribution in [0.3, 0.4) is 0 Å². The van der Waals surface area contributed by atoms with Crippen LogP contribution in [-0.2, 0) is 4.79 Å². The lowest BCUT2D eigenvalue weighted by Crippen LogP contribution is -2.51. The van der Waals surface area contributed by atoms with Crippen LogP contribution in [0.15, 0.2) is 22.3 Å². The maximum atomic E-state index is 12.4. The van der Waals surface area contributed by atoms with Gasteiger partial charge in [0, 0.05) is 19.1 Å². The van der Waals surface area contributed by atoms with Crippen molar-refractivity contribution in [3.8, 4) is 6.07 Å². The highest BCUT2D eigenvalue weighted by molar-refractivity contribution is 5.95. The number of rotatable bonds is 1. The van der Waals surface area contributed by atoms with Gasteiger partial charge in [0.25, 0.3) is 0 Å². The Morgan fingerprint density at radius 3 is 3.29 bits per heavy atom. The van der Waals surface area contributed by atoms with Crippen molar-refractivity contribution < 1.29 is 4.79 Å². The molecule has 2 saturated heterocycles. The summed E-state index contributed by atoms with van der Waals surface area (Å²) < 4.78 is 0. The molecule has 0 saturated carbocycles. The first kappa shape index (κ1) is 15.2. The fourth-order valence-electron chi connectivity index (χ4n) is 4.72. The van der Waals surface area contributed by atoms with Crippen LogP contribution in [0.5, 0.6) is 0 Å². The van der Waals surface area contributed by atoms with Crippen molar-refractivity contribution in [2.24, 2.45) is 15.9 Å². The van der Waals surface area contributed by atoms with Crippen LogP contribution in [-0.4, -0.2) is 58.7 Å². The molecule has 1 amide bonds. The first-order chi connectivity index (χ1) is 11.6. The zero-order chi connectivity index (χ0) is 16.7. The molecule has 0 radical (unpaired) electrons. The van der Waals surface area contributed by atoms with Gasteiger partial charge in [-0.15, -0.1) is 0 Å². The third kappa shape index (κ3) is 2.20. The maximum absolute atomic E-state index is 12.4. The summed E-state index contributed by atoms with van der Waals surface area (Å²) in [5.74, 6) is 1.17. The second-order valence-electron chi connectivity index (χ2n) is 7.14. The van der Waals surface area contributed by atoms with Crippen LogP contribution in [0.4, 0.5) is 0 Å². The molecule has 0 aromatic heterocycles. The molecule has 24 heavy (non-hydrogen) atoms. The molecule has 7 nitrogen and oxygen atoms in total. The van der Waals surface area contributed by atoms with E-state index in [1.807, 2.05) is 17.2 Å². The van der Waals surface area contributed by atoms with Crippen molar-refractivity contribution in [1.82, 2.24) is 15.1 Å². The second-order valence-corrected chi connectivity index (χ2v) is 7.14. The highest BCUT2D eigenvalue weighted by atomic mass is 16.2.